The Kier molecular flexibility index (Phi) is 4.82. The molecule has 4 N–H and O–H groups in total. The van der Waals surface area contributed by atoms with Gasteiger partial charge >= 0.3 is 5.97 Å². The third-order valence-electron chi connectivity index (χ3n) is 2.18. The first-order valence-electron chi connectivity index (χ1n) is 5.08. The van der Waals surface area contributed by atoms with E-state index in [2.05, 4.69) is 0 Å². The molecule has 0 aliphatic carbocycles. The van der Waals surface area contributed by atoms with Crippen LogP contribution in [0.2, 0.25) is 5.02 Å². The second-order valence-electron chi connectivity index (χ2n) is 3.66. The summed E-state index contributed by atoms with van der Waals surface area (Å²) in [6, 6.07) is 1.79. The fourth-order valence-electron chi connectivity index (χ4n) is 1.31. The normalized spacial score (nSPS) is 11.7. The Hall–Kier alpha value is -2.15. The van der Waals surface area contributed by atoms with Crippen LogP contribution in [-0.2, 0) is 9.59 Å². The van der Waals surface area contributed by atoms with Gasteiger partial charge in [-0.1, -0.05) is 11.6 Å². The van der Waals surface area contributed by atoms with Gasteiger partial charge in [0, 0.05) is 5.02 Å². The number of rotatable bonds is 5. The largest absolute Gasteiger partial charge is 0.480 e. The molecule has 0 saturated heterocycles. The minimum atomic E-state index is -1.51. The summed E-state index contributed by atoms with van der Waals surface area (Å²) < 4.78 is 13.4. The number of aliphatic carboxylic acids is 1. The Morgan fingerprint density at radius 3 is 2.53 bits per heavy atom. The number of hydrogen-bond acceptors (Lipinski definition) is 3. The zero-order valence-corrected chi connectivity index (χ0v) is 10.3. The summed E-state index contributed by atoms with van der Waals surface area (Å²) in [4.78, 5) is 33.1. The van der Waals surface area contributed by atoms with Gasteiger partial charge in [-0.25, -0.2) is 9.18 Å². The molecule has 0 aliphatic rings. The number of hydrogen-bond donors (Lipinski definition) is 3. The highest BCUT2D eigenvalue weighted by Gasteiger charge is 2.24. The van der Waals surface area contributed by atoms with E-state index in [1.807, 2.05) is 5.32 Å². The lowest BCUT2D eigenvalue weighted by Crippen LogP contribution is -2.43. The third kappa shape index (κ3) is 4.22. The van der Waals surface area contributed by atoms with Gasteiger partial charge in [0.1, 0.15) is 11.9 Å². The molecule has 19 heavy (non-hydrogen) atoms. The monoisotopic (exact) mass is 288 g/mol. The van der Waals surface area contributed by atoms with E-state index >= 15 is 0 Å². The molecule has 2 amide bonds. The fraction of sp³-hybridized carbons (Fsp3) is 0.182. The van der Waals surface area contributed by atoms with Crippen LogP contribution in [0.25, 0.3) is 0 Å². The molecular weight excluding hydrogens is 279 g/mol. The van der Waals surface area contributed by atoms with Gasteiger partial charge in [0.15, 0.2) is 0 Å². The summed E-state index contributed by atoms with van der Waals surface area (Å²) in [5.41, 5.74) is 4.48. The van der Waals surface area contributed by atoms with E-state index < -0.39 is 36.1 Å². The van der Waals surface area contributed by atoms with Crippen LogP contribution in [-0.4, -0.2) is 28.9 Å². The Bertz CT molecular complexity index is 535. The summed E-state index contributed by atoms with van der Waals surface area (Å²) in [5.74, 6) is -4.21. The zero-order valence-electron chi connectivity index (χ0n) is 9.52. The third-order valence-corrected chi connectivity index (χ3v) is 2.42. The zero-order chi connectivity index (χ0) is 14.6. The van der Waals surface area contributed by atoms with Crippen LogP contribution >= 0.6 is 11.6 Å². The van der Waals surface area contributed by atoms with Crippen LogP contribution in [0.3, 0.4) is 0 Å². The van der Waals surface area contributed by atoms with Crippen molar-refractivity contribution in [1.29, 1.82) is 0 Å². The molecule has 1 atom stereocenters. The van der Waals surface area contributed by atoms with Gasteiger partial charge in [0.05, 0.1) is 12.0 Å². The smallest absolute Gasteiger partial charge is 0.326 e. The molecule has 0 aliphatic heterocycles. The highest BCUT2D eigenvalue weighted by atomic mass is 35.5. The van der Waals surface area contributed by atoms with Crippen LogP contribution < -0.4 is 11.1 Å². The topological polar surface area (TPSA) is 109 Å². The maximum Gasteiger partial charge on any atom is 0.326 e. The van der Waals surface area contributed by atoms with Crippen LogP contribution in [0.4, 0.5) is 4.39 Å². The molecular formula is C11H10ClFN2O4. The number of carboxylic acids is 1. The van der Waals surface area contributed by atoms with E-state index in [4.69, 9.17) is 22.4 Å². The predicted octanol–water partition coefficient (Wildman–Crippen LogP) is 0.537. The number of nitrogens with two attached hydrogens (primary N) is 1. The quantitative estimate of drug-likeness (QED) is 0.734. The Morgan fingerprint density at radius 2 is 2.05 bits per heavy atom. The first-order valence-corrected chi connectivity index (χ1v) is 5.46. The predicted molar refractivity (Wildman–Crippen MR) is 64.1 cm³/mol. The maximum atomic E-state index is 13.4. The van der Waals surface area contributed by atoms with Crippen molar-refractivity contribution in [3.05, 3.63) is 34.6 Å². The van der Waals surface area contributed by atoms with E-state index in [-0.39, 0.29) is 10.6 Å². The molecule has 0 radical (unpaired) electrons. The summed E-state index contributed by atoms with van der Waals surface area (Å²) in [6.07, 6.45) is -0.587. The van der Waals surface area contributed by atoms with Crippen molar-refractivity contribution in [2.45, 2.75) is 12.5 Å². The summed E-state index contributed by atoms with van der Waals surface area (Å²) in [5, 5.41) is 10.9. The fourth-order valence-corrected chi connectivity index (χ4v) is 1.47. The molecule has 1 aromatic carbocycles. The van der Waals surface area contributed by atoms with Crippen molar-refractivity contribution in [2.75, 3.05) is 0 Å². The standard InChI is InChI=1S/C11H10ClFN2O4/c12-5-1-2-6(7(13)3-5)10(17)15-8(11(18)19)4-9(14)16/h1-3,8H,4H2,(H2,14,16)(H,15,17)(H,18,19)/t8-/m1/s1. The van der Waals surface area contributed by atoms with E-state index in [9.17, 15) is 18.8 Å². The van der Waals surface area contributed by atoms with Crippen LogP contribution in [0.5, 0.6) is 0 Å². The molecule has 6 nitrogen and oxygen atoms in total. The van der Waals surface area contributed by atoms with Crippen molar-refractivity contribution >= 4 is 29.4 Å². The van der Waals surface area contributed by atoms with Crippen molar-refractivity contribution in [1.82, 2.24) is 5.32 Å². The minimum Gasteiger partial charge on any atom is -0.480 e. The number of benzene rings is 1. The van der Waals surface area contributed by atoms with E-state index in [1.54, 1.807) is 0 Å². The van der Waals surface area contributed by atoms with E-state index in [0.29, 0.717) is 0 Å². The number of carboxylic acid groups (broad SMARTS) is 1. The molecule has 1 rings (SSSR count). The number of amides is 2. The Balaban J connectivity index is 2.87. The summed E-state index contributed by atoms with van der Waals surface area (Å²) >= 11 is 5.52. The molecule has 1 aromatic rings. The number of primary amides is 1. The molecule has 0 unspecified atom stereocenters. The first kappa shape index (κ1) is 14.9. The van der Waals surface area contributed by atoms with Gasteiger partial charge in [-0.2, -0.15) is 0 Å². The summed E-state index contributed by atoms with van der Waals surface area (Å²) in [6.45, 7) is 0. The first-order chi connectivity index (χ1) is 8.81. The Labute approximate surface area is 112 Å². The molecule has 8 heteroatoms. The second kappa shape index (κ2) is 6.14. The van der Waals surface area contributed by atoms with Crippen molar-refractivity contribution in [2.24, 2.45) is 5.73 Å². The van der Waals surface area contributed by atoms with Crippen LogP contribution in [0.1, 0.15) is 16.8 Å². The van der Waals surface area contributed by atoms with E-state index in [0.717, 1.165) is 12.1 Å². The number of halogens is 2. The van der Waals surface area contributed by atoms with Crippen molar-refractivity contribution in [3.8, 4) is 0 Å². The van der Waals surface area contributed by atoms with Crippen LogP contribution in [0.15, 0.2) is 18.2 Å². The van der Waals surface area contributed by atoms with Crippen LogP contribution in [0, 0.1) is 5.82 Å². The Morgan fingerprint density at radius 1 is 1.42 bits per heavy atom. The second-order valence-corrected chi connectivity index (χ2v) is 4.10. The SMILES string of the molecule is NC(=O)C[C@@H](NC(=O)c1ccc(Cl)cc1F)C(=O)O. The number of nitrogens with one attached hydrogen (secondary N) is 1. The van der Waals surface area contributed by atoms with Gasteiger partial charge in [-0.15, -0.1) is 0 Å². The van der Waals surface area contributed by atoms with Crippen molar-refractivity contribution in [3.63, 3.8) is 0 Å². The number of carbonyl (C=O) groups is 3. The van der Waals surface area contributed by atoms with Gasteiger partial charge in [0.2, 0.25) is 5.91 Å². The van der Waals surface area contributed by atoms with Gasteiger partial charge in [-0.05, 0) is 18.2 Å². The van der Waals surface area contributed by atoms with Crippen molar-refractivity contribution < 1.29 is 23.9 Å². The highest BCUT2D eigenvalue weighted by molar-refractivity contribution is 6.30. The lowest BCUT2D eigenvalue weighted by Gasteiger charge is -2.13. The molecule has 0 heterocycles. The maximum absolute atomic E-state index is 13.4. The summed E-state index contributed by atoms with van der Waals surface area (Å²) in [7, 11) is 0. The minimum absolute atomic E-state index is 0.0981. The molecule has 0 bridgehead atoms. The molecule has 102 valence electrons. The van der Waals surface area contributed by atoms with Gasteiger partial charge < -0.3 is 16.2 Å². The molecule has 0 aromatic heterocycles. The molecule has 0 saturated carbocycles. The molecule has 0 fully saturated rings. The van der Waals surface area contributed by atoms with Gasteiger partial charge in [-0.3, -0.25) is 9.59 Å². The lowest BCUT2D eigenvalue weighted by molar-refractivity contribution is -0.140. The average Bonchev–Trinajstić information content (AvgIpc) is 2.26. The average molecular weight is 289 g/mol. The number of carbonyl (C=O) groups excluding carboxylic acids is 2. The van der Waals surface area contributed by atoms with E-state index in [1.165, 1.54) is 6.07 Å². The molecule has 0 spiro atoms. The lowest BCUT2D eigenvalue weighted by atomic mass is 10.1. The van der Waals surface area contributed by atoms with Gasteiger partial charge in [0.25, 0.3) is 5.91 Å². The highest BCUT2D eigenvalue weighted by Crippen LogP contribution is 2.14.